The summed E-state index contributed by atoms with van der Waals surface area (Å²) in [5.41, 5.74) is 2.45. The number of halogens is 1. The van der Waals surface area contributed by atoms with Gasteiger partial charge in [0.1, 0.15) is 0 Å². The van der Waals surface area contributed by atoms with E-state index in [0.717, 1.165) is 17.3 Å². The summed E-state index contributed by atoms with van der Waals surface area (Å²) < 4.78 is 6.41. The minimum Gasteiger partial charge on any atom is -0.382 e. The molecule has 0 bridgehead atoms. The standard InChI is InChI=1S/C12H16BrNO/c1-8-3-4-9(7-12(8)13)14-10-5-11(6-10)15-2/h3-4,7,10-11,14H,5-6H2,1-2H3. The maximum atomic E-state index is 5.25. The quantitative estimate of drug-likeness (QED) is 0.909. The number of methoxy groups -OCH3 is 1. The molecule has 0 saturated heterocycles. The van der Waals surface area contributed by atoms with Gasteiger partial charge in [-0.1, -0.05) is 22.0 Å². The molecule has 2 rings (SSSR count). The molecule has 0 atom stereocenters. The van der Waals surface area contributed by atoms with Crippen LogP contribution >= 0.6 is 15.9 Å². The summed E-state index contributed by atoms with van der Waals surface area (Å²) in [4.78, 5) is 0. The van der Waals surface area contributed by atoms with Crippen LogP contribution in [0.15, 0.2) is 22.7 Å². The van der Waals surface area contributed by atoms with Gasteiger partial charge in [-0.15, -0.1) is 0 Å². The Morgan fingerprint density at radius 3 is 2.73 bits per heavy atom. The average Bonchev–Trinajstić information content (AvgIpc) is 2.16. The second-order valence-electron chi connectivity index (χ2n) is 4.13. The number of hydrogen-bond donors (Lipinski definition) is 1. The van der Waals surface area contributed by atoms with E-state index < -0.39 is 0 Å². The smallest absolute Gasteiger partial charge is 0.0610 e. The van der Waals surface area contributed by atoms with Gasteiger partial charge in [-0.2, -0.15) is 0 Å². The molecule has 0 unspecified atom stereocenters. The Kier molecular flexibility index (Phi) is 3.32. The van der Waals surface area contributed by atoms with Gasteiger partial charge >= 0.3 is 0 Å². The van der Waals surface area contributed by atoms with Crippen molar-refractivity contribution < 1.29 is 4.74 Å². The van der Waals surface area contributed by atoms with Gasteiger partial charge in [0.25, 0.3) is 0 Å². The van der Waals surface area contributed by atoms with E-state index in [9.17, 15) is 0 Å². The largest absolute Gasteiger partial charge is 0.382 e. The summed E-state index contributed by atoms with van der Waals surface area (Å²) in [6.07, 6.45) is 2.68. The van der Waals surface area contributed by atoms with Crippen molar-refractivity contribution in [1.29, 1.82) is 0 Å². The lowest BCUT2D eigenvalue weighted by molar-refractivity contribution is 0.0329. The van der Waals surface area contributed by atoms with Crippen molar-refractivity contribution in [1.82, 2.24) is 0 Å². The Labute approximate surface area is 99.1 Å². The van der Waals surface area contributed by atoms with E-state index in [1.807, 2.05) is 0 Å². The molecule has 82 valence electrons. The maximum Gasteiger partial charge on any atom is 0.0610 e. The zero-order chi connectivity index (χ0) is 10.8. The van der Waals surface area contributed by atoms with Crippen LogP contribution in [0.2, 0.25) is 0 Å². The van der Waals surface area contributed by atoms with Crippen molar-refractivity contribution in [3.63, 3.8) is 0 Å². The zero-order valence-electron chi connectivity index (χ0n) is 9.09. The highest BCUT2D eigenvalue weighted by molar-refractivity contribution is 9.10. The Balaban J connectivity index is 1.92. The number of hydrogen-bond acceptors (Lipinski definition) is 2. The van der Waals surface area contributed by atoms with Gasteiger partial charge in [-0.05, 0) is 37.5 Å². The third-order valence-corrected chi connectivity index (χ3v) is 3.83. The van der Waals surface area contributed by atoms with Gasteiger partial charge in [0, 0.05) is 23.3 Å². The highest BCUT2D eigenvalue weighted by atomic mass is 79.9. The molecular weight excluding hydrogens is 254 g/mol. The van der Waals surface area contributed by atoms with E-state index in [1.165, 1.54) is 11.3 Å². The Hall–Kier alpha value is -0.540. The SMILES string of the molecule is COC1CC(Nc2ccc(C)c(Br)c2)C1. The molecule has 1 aliphatic rings. The molecule has 1 aromatic rings. The number of ether oxygens (including phenoxy) is 1. The second kappa shape index (κ2) is 4.54. The first kappa shape index (κ1) is 11.0. The van der Waals surface area contributed by atoms with Gasteiger partial charge in [-0.3, -0.25) is 0 Å². The molecule has 3 heteroatoms. The molecule has 1 N–H and O–H groups in total. The molecule has 2 nitrogen and oxygen atoms in total. The molecule has 0 spiro atoms. The van der Waals surface area contributed by atoms with Crippen molar-refractivity contribution in [2.24, 2.45) is 0 Å². The van der Waals surface area contributed by atoms with Gasteiger partial charge in [0.05, 0.1) is 6.10 Å². The van der Waals surface area contributed by atoms with E-state index in [2.05, 4.69) is 46.4 Å². The van der Waals surface area contributed by atoms with Gasteiger partial charge < -0.3 is 10.1 Å². The number of benzene rings is 1. The maximum absolute atomic E-state index is 5.25. The van der Waals surface area contributed by atoms with Crippen LogP contribution in [-0.4, -0.2) is 19.3 Å². The van der Waals surface area contributed by atoms with Crippen LogP contribution < -0.4 is 5.32 Å². The van der Waals surface area contributed by atoms with E-state index in [0.29, 0.717) is 12.1 Å². The van der Waals surface area contributed by atoms with Crippen molar-refractivity contribution in [2.75, 3.05) is 12.4 Å². The molecular formula is C12H16BrNO. The van der Waals surface area contributed by atoms with Crippen LogP contribution in [0.1, 0.15) is 18.4 Å². The summed E-state index contributed by atoms with van der Waals surface area (Å²) in [5.74, 6) is 0. The Bertz CT molecular complexity index is 347. The lowest BCUT2D eigenvalue weighted by Crippen LogP contribution is -2.40. The topological polar surface area (TPSA) is 21.3 Å². The summed E-state index contributed by atoms with van der Waals surface area (Å²) in [7, 11) is 1.78. The molecule has 0 amide bonds. The predicted molar refractivity (Wildman–Crippen MR) is 66.3 cm³/mol. The van der Waals surface area contributed by atoms with E-state index in [-0.39, 0.29) is 0 Å². The van der Waals surface area contributed by atoms with Crippen LogP contribution in [0.3, 0.4) is 0 Å². The fourth-order valence-corrected chi connectivity index (χ4v) is 2.17. The first-order chi connectivity index (χ1) is 7.19. The average molecular weight is 270 g/mol. The number of rotatable bonds is 3. The lowest BCUT2D eigenvalue weighted by Gasteiger charge is -2.35. The monoisotopic (exact) mass is 269 g/mol. The Morgan fingerprint density at radius 2 is 2.13 bits per heavy atom. The third-order valence-electron chi connectivity index (χ3n) is 2.97. The molecule has 0 radical (unpaired) electrons. The van der Waals surface area contributed by atoms with Crippen LogP contribution in [0.5, 0.6) is 0 Å². The number of anilines is 1. The number of nitrogens with one attached hydrogen (secondary N) is 1. The summed E-state index contributed by atoms with van der Waals surface area (Å²) in [6.45, 7) is 2.10. The molecule has 1 saturated carbocycles. The van der Waals surface area contributed by atoms with Gasteiger partial charge in [-0.25, -0.2) is 0 Å². The fraction of sp³-hybridized carbons (Fsp3) is 0.500. The van der Waals surface area contributed by atoms with Crippen LogP contribution in [0.4, 0.5) is 5.69 Å². The summed E-state index contributed by atoms with van der Waals surface area (Å²) in [5, 5.41) is 3.50. The molecule has 0 aromatic heterocycles. The first-order valence-electron chi connectivity index (χ1n) is 5.24. The minimum absolute atomic E-state index is 0.455. The highest BCUT2D eigenvalue weighted by Gasteiger charge is 2.28. The molecule has 1 aliphatic carbocycles. The van der Waals surface area contributed by atoms with Crippen LogP contribution in [0, 0.1) is 6.92 Å². The van der Waals surface area contributed by atoms with Gasteiger partial charge in [0.15, 0.2) is 0 Å². The fourth-order valence-electron chi connectivity index (χ4n) is 1.79. The van der Waals surface area contributed by atoms with Crippen molar-refractivity contribution in [2.45, 2.75) is 31.9 Å². The van der Waals surface area contributed by atoms with Crippen molar-refractivity contribution >= 4 is 21.6 Å². The predicted octanol–water partition coefficient (Wildman–Crippen LogP) is 3.35. The van der Waals surface area contributed by atoms with E-state index in [1.54, 1.807) is 7.11 Å². The third kappa shape index (κ3) is 2.52. The molecule has 1 fully saturated rings. The van der Waals surface area contributed by atoms with Crippen LogP contribution in [0.25, 0.3) is 0 Å². The summed E-state index contributed by atoms with van der Waals surface area (Å²) >= 11 is 3.54. The van der Waals surface area contributed by atoms with Crippen molar-refractivity contribution in [3.05, 3.63) is 28.2 Å². The normalized spacial score (nSPS) is 24.7. The molecule has 0 heterocycles. The highest BCUT2D eigenvalue weighted by Crippen LogP contribution is 2.28. The molecule has 0 aliphatic heterocycles. The van der Waals surface area contributed by atoms with Crippen molar-refractivity contribution in [3.8, 4) is 0 Å². The lowest BCUT2D eigenvalue weighted by atomic mass is 9.89. The second-order valence-corrected chi connectivity index (χ2v) is 4.99. The first-order valence-corrected chi connectivity index (χ1v) is 6.04. The van der Waals surface area contributed by atoms with E-state index >= 15 is 0 Å². The summed E-state index contributed by atoms with van der Waals surface area (Å²) in [6, 6.07) is 6.96. The zero-order valence-corrected chi connectivity index (χ0v) is 10.7. The minimum atomic E-state index is 0.455. The van der Waals surface area contributed by atoms with Gasteiger partial charge in [0.2, 0.25) is 0 Å². The number of aryl methyl sites for hydroxylation is 1. The van der Waals surface area contributed by atoms with Crippen LogP contribution in [-0.2, 0) is 4.74 Å². The Morgan fingerprint density at radius 1 is 1.40 bits per heavy atom. The molecule has 15 heavy (non-hydrogen) atoms. The van der Waals surface area contributed by atoms with E-state index in [4.69, 9.17) is 4.74 Å². The molecule has 1 aromatic carbocycles.